The number of aryl methyl sites for hydroxylation is 1. The van der Waals surface area contributed by atoms with Gasteiger partial charge in [0.05, 0.1) is 11.2 Å². The van der Waals surface area contributed by atoms with Crippen molar-refractivity contribution in [3.8, 4) is 0 Å². The van der Waals surface area contributed by atoms with Crippen molar-refractivity contribution in [1.82, 2.24) is 19.9 Å². The highest BCUT2D eigenvalue weighted by Gasteiger charge is 2.26. The molecule has 0 atom stereocenters. The van der Waals surface area contributed by atoms with Gasteiger partial charge in [0, 0.05) is 33.2 Å². The number of carbonyl (C=O) groups excluding carboxylic acids is 1. The molecule has 7 heteroatoms. The lowest BCUT2D eigenvalue weighted by Crippen LogP contribution is -2.50. The summed E-state index contributed by atoms with van der Waals surface area (Å²) in [4.78, 5) is 16.1. The largest absolute Gasteiger partial charge is 0.444 e. The average molecular weight is 317 g/mol. The van der Waals surface area contributed by atoms with Crippen LogP contribution >= 0.6 is 0 Å². The molecule has 1 saturated heterocycles. The molecule has 0 bridgehead atoms. The number of rotatable bonds is 1. The smallest absolute Gasteiger partial charge is 0.410 e. The lowest BCUT2D eigenvalue weighted by molar-refractivity contribution is 0.0241. The van der Waals surface area contributed by atoms with Crippen LogP contribution in [0.1, 0.15) is 20.8 Å². The number of amides is 1. The van der Waals surface area contributed by atoms with E-state index in [0.717, 1.165) is 29.8 Å². The number of aromatic nitrogens is 3. The van der Waals surface area contributed by atoms with Crippen molar-refractivity contribution in [2.75, 3.05) is 31.1 Å². The predicted octanol–water partition coefficient (Wildman–Crippen LogP) is 2.03. The number of nitrogens with zero attached hydrogens (tertiary/aromatic N) is 5. The van der Waals surface area contributed by atoms with E-state index in [1.54, 1.807) is 9.58 Å². The number of piperazine rings is 1. The second kappa shape index (κ2) is 5.72. The van der Waals surface area contributed by atoms with Gasteiger partial charge in [0.25, 0.3) is 0 Å². The van der Waals surface area contributed by atoms with Crippen LogP contribution in [0.25, 0.3) is 11.0 Å². The van der Waals surface area contributed by atoms with Crippen molar-refractivity contribution in [1.29, 1.82) is 0 Å². The van der Waals surface area contributed by atoms with Gasteiger partial charge in [0.2, 0.25) is 0 Å². The molecule has 2 aromatic rings. The fourth-order valence-corrected chi connectivity index (χ4v) is 2.75. The molecule has 0 radical (unpaired) electrons. The van der Waals surface area contributed by atoms with Gasteiger partial charge in [0.15, 0.2) is 0 Å². The van der Waals surface area contributed by atoms with Gasteiger partial charge in [-0.3, -0.25) is 0 Å². The Balaban J connectivity index is 1.70. The summed E-state index contributed by atoms with van der Waals surface area (Å²) in [5.41, 5.74) is 2.52. The Hall–Kier alpha value is -2.31. The van der Waals surface area contributed by atoms with Crippen LogP contribution < -0.4 is 4.90 Å². The van der Waals surface area contributed by atoms with Crippen molar-refractivity contribution in [3.63, 3.8) is 0 Å². The van der Waals surface area contributed by atoms with Crippen LogP contribution in [0.4, 0.5) is 10.5 Å². The number of ether oxygens (including phenoxy) is 1. The summed E-state index contributed by atoms with van der Waals surface area (Å²) in [6.07, 6.45) is -0.241. The first-order valence-corrected chi connectivity index (χ1v) is 7.86. The van der Waals surface area contributed by atoms with Crippen molar-refractivity contribution in [2.24, 2.45) is 7.05 Å². The highest BCUT2D eigenvalue weighted by atomic mass is 16.6. The standard InChI is InChI=1S/C16H23N5O2/c1-16(2,3)23-15(22)21-10-8-20(9-11-21)13-7-5-6-12-14(13)17-18-19(12)4/h5-7H,8-11H2,1-4H3. The van der Waals surface area contributed by atoms with E-state index in [1.807, 2.05) is 40.0 Å². The van der Waals surface area contributed by atoms with Crippen LogP contribution in [0.2, 0.25) is 0 Å². The first-order valence-electron chi connectivity index (χ1n) is 7.86. The molecule has 0 spiro atoms. The second-order valence-electron chi connectivity index (χ2n) is 6.81. The second-order valence-corrected chi connectivity index (χ2v) is 6.81. The van der Waals surface area contributed by atoms with Crippen LogP contribution in [-0.2, 0) is 11.8 Å². The summed E-state index contributed by atoms with van der Waals surface area (Å²) in [5.74, 6) is 0. The molecule has 124 valence electrons. The third-order valence-corrected chi connectivity index (χ3v) is 3.89. The third-order valence-electron chi connectivity index (χ3n) is 3.89. The van der Waals surface area contributed by atoms with Gasteiger partial charge in [-0.2, -0.15) is 0 Å². The van der Waals surface area contributed by atoms with Crippen LogP contribution in [-0.4, -0.2) is 57.8 Å². The fourth-order valence-electron chi connectivity index (χ4n) is 2.75. The highest BCUT2D eigenvalue weighted by molar-refractivity contribution is 5.88. The minimum Gasteiger partial charge on any atom is -0.444 e. The van der Waals surface area contributed by atoms with Gasteiger partial charge in [-0.1, -0.05) is 11.3 Å². The van der Waals surface area contributed by atoms with Crippen LogP contribution in [0.3, 0.4) is 0 Å². The molecule has 3 rings (SSSR count). The molecule has 0 saturated carbocycles. The summed E-state index contributed by atoms with van der Waals surface area (Å²) >= 11 is 0. The Kier molecular flexibility index (Phi) is 3.87. The summed E-state index contributed by atoms with van der Waals surface area (Å²) in [6, 6.07) is 6.08. The van der Waals surface area contributed by atoms with E-state index in [4.69, 9.17) is 4.74 Å². The molecule has 23 heavy (non-hydrogen) atoms. The number of fused-ring (bicyclic) bond motifs is 1. The maximum Gasteiger partial charge on any atom is 0.410 e. The van der Waals surface area contributed by atoms with Crippen molar-refractivity contribution < 1.29 is 9.53 Å². The van der Waals surface area contributed by atoms with Gasteiger partial charge in [-0.25, -0.2) is 9.48 Å². The summed E-state index contributed by atoms with van der Waals surface area (Å²) in [7, 11) is 1.89. The Bertz CT molecular complexity index is 711. The average Bonchev–Trinajstić information content (AvgIpc) is 2.87. The van der Waals surface area contributed by atoms with Crippen molar-refractivity contribution >= 4 is 22.8 Å². The van der Waals surface area contributed by atoms with Crippen LogP contribution in [0.5, 0.6) is 0 Å². The minimum atomic E-state index is -0.459. The zero-order valence-corrected chi connectivity index (χ0v) is 14.1. The molecule has 0 aliphatic carbocycles. The maximum atomic E-state index is 12.1. The van der Waals surface area contributed by atoms with Gasteiger partial charge >= 0.3 is 6.09 Å². The molecule has 1 aliphatic rings. The van der Waals surface area contributed by atoms with Gasteiger partial charge in [-0.15, -0.1) is 5.10 Å². The molecular formula is C16H23N5O2. The van der Waals surface area contributed by atoms with Gasteiger partial charge in [-0.05, 0) is 32.9 Å². The van der Waals surface area contributed by atoms with Crippen LogP contribution in [0.15, 0.2) is 18.2 Å². The molecular weight excluding hydrogens is 294 g/mol. The zero-order valence-electron chi connectivity index (χ0n) is 14.1. The molecule has 1 aromatic heterocycles. The quantitative estimate of drug-likeness (QED) is 0.805. The molecule has 2 heterocycles. The van der Waals surface area contributed by atoms with E-state index in [2.05, 4.69) is 21.3 Å². The molecule has 0 N–H and O–H groups in total. The Morgan fingerprint density at radius 3 is 2.52 bits per heavy atom. The van der Waals surface area contributed by atoms with E-state index in [1.165, 1.54) is 0 Å². The number of carbonyl (C=O) groups is 1. The Morgan fingerprint density at radius 1 is 1.17 bits per heavy atom. The zero-order chi connectivity index (χ0) is 16.6. The lowest BCUT2D eigenvalue weighted by Gasteiger charge is -2.36. The normalized spacial score (nSPS) is 16.0. The van der Waals surface area contributed by atoms with Crippen LogP contribution in [0, 0.1) is 0 Å². The monoisotopic (exact) mass is 317 g/mol. The third kappa shape index (κ3) is 3.23. The van der Waals surface area contributed by atoms with E-state index in [0.29, 0.717) is 13.1 Å². The number of anilines is 1. The first-order chi connectivity index (χ1) is 10.8. The molecule has 1 fully saturated rings. The van der Waals surface area contributed by atoms with Crippen molar-refractivity contribution in [2.45, 2.75) is 26.4 Å². The summed E-state index contributed by atoms with van der Waals surface area (Å²) in [5, 5.41) is 8.35. The van der Waals surface area contributed by atoms with E-state index in [9.17, 15) is 4.79 Å². The Labute approximate surface area is 135 Å². The maximum absolute atomic E-state index is 12.1. The Morgan fingerprint density at radius 2 is 1.87 bits per heavy atom. The molecule has 1 aliphatic heterocycles. The van der Waals surface area contributed by atoms with Crippen molar-refractivity contribution in [3.05, 3.63) is 18.2 Å². The SMILES string of the molecule is Cn1nnc2c(N3CCN(C(=O)OC(C)(C)C)CC3)cccc21. The highest BCUT2D eigenvalue weighted by Crippen LogP contribution is 2.25. The predicted molar refractivity (Wildman–Crippen MR) is 88.5 cm³/mol. The number of benzene rings is 1. The van der Waals surface area contributed by atoms with Gasteiger partial charge in [0.1, 0.15) is 11.1 Å². The first kappa shape index (κ1) is 15.6. The van der Waals surface area contributed by atoms with E-state index < -0.39 is 5.60 Å². The van der Waals surface area contributed by atoms with Gasteiger partial charge < -0.3 is 14.5 Å². The summed E-state index contributed by atoms with van der Waals surface area (Å²) in [6.45, 7) is 8.46. The molecule has 1 aromatic carbocycles. The van der Waals surface area contributed by atoms with E-state index in [-0.39, 0.29) is 6.09 Å². The van der Waals surface area contributed by atoms with E-state index >= 15 is 0 Å². The minimum absolute atomic E-state index is 0.241. The lowest BCUT2D eigenvalue weighted by atomic mass is 10.2. The summed E-state index contributed by atoms with van der Waals surface area (Å²) < 4.78 is 7.21. The number of hydrogen-bond donors (Lipinski definition) is 0. The fraction of sp³-hybridized carbons (Fsp3) is 0.562. The topological polar surface area (TPSA) is 63.5 Å². The molecule has 1 amide bonds. The number of hydrogen-bond acceptors (Lipinski definition) is 5. The molecule has 7 nitrogen and oxygen atoms in total. The molecule has 0 unspecified atom stereocenters.